The van der Waals surface area contributed by atoms with Crippen molar-refractivity contribution >= 4 is 11.6 Å². The third kappa shape index (κ3) is 4.05. The third-order valence-electron chi connectivity index (χ3n) is 4.22. The minimum atomic E-state index is 0.266. The summed E-state index contributed by atoms with van der Waals surface area (Å²) in [6.07, 6.45) is 9.37. The van der Waals surface area contributed by atoms with Crippen LogP contribution in [-0.4, -0.2) is 10.8 Å². The van der Waals surface area contributed by atoms with Gasteiger partial charge in [-0.2, -0.15) is 0 Å². The summed E-state index contributed by atoms with van der Waals surface area (Å²) in [7, 11) is 0. The summed E-state index contributed by atoms with van der Waals surface area (Å²) < 4.78 is 0. The van der Waals surface area contributed by atoms with Gasteiger partial charge in [-0.1, -0.05) is 19.8 Å². The van der Waals surface area contributed by atoms with Gasteiger partial charge in [-0.3, -0.25) is 4.79 Å². The average molecular weight is 260 g/mol. The van der Waals surface area contributed by atoms with Crippen molar-refractivity contribution in [3.63, 3.8) is 0 Å². The summed E-state index contributed by atoms with van der Waals surface area (Å²) in [5.74, 6) is 1.99. The van der Waals surface area contributed by atoms with Crippen LogP contribution in [0, 0.1) is 11.8 Å². The molecule has 3 heteroatoms. The lowest BCUT2D eigenvalue weighted by Crippen LogP contribution is -2.23. The topological polar surface area (TPSA) is 56.0 Å². The number of hydrogen-bond acceptors (Lipinski definition) is 3. The fourth-order valence-electron chi connectivity index (χ4n) is 3.13. The number of hydrogen-bond donors (Lipinski definition) is 1. The molecule has 0 aliphatic heterocycles. The molecule has 3 nitrogen and oxygen atoms in total. The minimum Gasteiger partial charge on any atom is -0.384 e. The van der Waals surface area contributed by atoms with Gasteiger partial charge in [0.05, 0.1) is 0 Å². The molecule has 1 aromatic heterocycles. The number of nitrogens with zero attached hydrogens (tertiary/aromatic N) is 1. The van der Waals surface area contributed by atoms with Crippen molar-refractivity contribution in [3.05, 3.63) is 23.9 Å². The standard InChI is InChI=1S/C16H24N2O/c1-2-3-12-4-6-14(7-5-12)15(19)10-13-8-9-18-16(17)11-13/h8-9,11-12,14H,2-7,10H2,1H3,(H2,17,18). The van der Waals surface area contributed by atoms with Crippen LogP contribution in [0.15, 0.2) is 18.3 Å². The molecule has 1 heterocycles. The first-order valence-electron chi connectivity index (χ1n) is 7.42. The van der Waals surface area contributed by atoms with E-state index in [4.69, 9.17) is 5.73 Å². The van der Waals surface area contributed by atoms with Gasteiger partial charge in [-0.25, -0.2) is 4.98 Å². The van der Waals surface area contributed by atoms with Crippen LogP contribution in [0.3, 0.4) is 0 Å². The van der Waals surface area contributed by atoms with Gasteiger partial charge in [0.2, 0.25) is 0 Å². The van der Waals surface area contributed by atoms with E-state index in [1.54, 1.807) is 12.3 Å². The minimum absolute atomic E-state index is 0.266. The lowest BCUT2D eigenvalue weighted by molar-refractivity contribution is -0.123. The van der Waals surface area contributed by atoms with Gasteiger partial charge in [-0.15, -0.1) is 0 Å². The van der Waals surface area contributed by atoms with Gasteiger partial charge >= 0.3 is 0 Å². The molecule has 0 radical (unpaired) electrons. The van der Waals surface area contributed by atoms with E-state index in [0.717, 1.165) is 24.3 Å². The number of Topliss-reactive ketones (excluding diaryl/α,β-unsaturated/α-hetero) is 1. The Morgan fingerprint density at radius 3 is 2.74 bits per heavy atom. The van der Waals surface area contributed by atoms with Crippen molar-refractivity contribution in [1.29, 1.82) is 0 Å². The zero-order chi connectivity index (χ0) is 13.7. The quantitative estimate of drug-likeness (QED) is 0.883. The smallest absolute Gasteiger partial charge is 0.140 e. The Morgan fingerprint density at radius 2 is 2.11 bits per heavy atom. The number of ketones is 1. The highest BCUT2D eigenvalue weighted by Crippen LogP contribution is 2.32. The third-order valence-corrected chi connectivity index (χ3v) is 4.22. The lowest BCUT2D eigenvalue weighted by atomic mass is 9.77. The van der Waals surface area contributed by atoms with E-state index in [9.17, 15) is 4.79 Å². The number of nitrogen functional groups attached to an aromatic ring is 1. The maximum atomic E-state index is 12.3. The number of pyridine rings is 1. The number of rotatable bonds is 5. The van der Waals surface area contributed by atoms with Crippen LogP contribution in [0.5, 0.6) is 0 Å². The first-order valence-corrected chi connectivity index (χ1v) is 7.42. The molecule has 0 atom stereocenters. The highest BCUT2D eigenvalue weighted by atomic mass is 16.1. The molecule has 19 heavy (non-hydrogen) atoms. The monoisotopic (exact) mass is 260 g/mol. The summed E-state index contributed by atoms with van der Waals surface area (Å²) in [6.45, 7) is 2.24. The van der Waals surface area contributed by atoms with Crippen LogP contribution >= 0.6 is 0 Å². The molecule has 0 aromatic carbocycles. The molecule has 1 aromatic rings. The van der Waals surface area contributed by atoms with Crippen molar-refractivity contribution in [3.8, 4) is 0 Å². The van der Waals surface area contributed by atoms with E-state index in [1.165, 1.54) is 25.7 Å². The van der Waals surface area contributed by atoms with Gasteiger partial charge in [-0.05, 0) is 49.3 Å². The van der Waals surface area contributed by atoms with Crippen molar-refractivity contribution in [2.24, 2.45) is 11.8 Å². The zero-order valence-electron chi connectivity index (χ0n) is 11.8. The van der Waals surface area contributed by atoms with Crippen molar-refractivity contribution in [1.82, 2.24) is 4.98 Å². The number of carbonyl (C=O) groups excluding carboxylic acids is 1. The highest BCUT2D eigenvalue weighted by molar-refractivity contribution is 5.83. The Balaban J connectivity index is 1.84. The normalized spacial score (nSPS) is 23.2. The van der Waals surface area contributed by atoms with E-state index < -0.39 is 0 Å². The molecule has 2 N–H and O–H groups in total. The van der Waals surface area contributed by atoms with Gasteiger partial charge in [0.15, 0.2) is 0 Å². The molecule has 0 spiro atoms. The maximum Gasteiger partial charge on any atom is 0.140 e. The average Bonchev–Trinajstić information content (AvgIpc) is 2.40. The van der Waals surface area contributed by atoms with Crippen LogP contribution in [0.4, 0.5) is 5.82 Å². The van der Waals surface area contributed by atoms with Gasteiger partial charge < -0.3 is 5.73 Å². The SMILES string of the molecule is CCCC1CCC(C(=O)Cc2ccnc(N)c2)CC1. The Labute approximate surface area is 115 Å². The molecule has 1 aliphatic carbocycles. The van der Waals surface area contributed by atoms with Crippen molar-refractivity contribution in [2.45, 2.75) is 51.9 Å². The molecule has 1 fully saturated rings. The summed E-state index contributed by atoms with van der Waals surface area (Å²) in [4.78, 5) is 16.2. The molecule has 1 saturated carbocycles. The summed E-state index contributed by atoms with van der Waals surface area (Å²) in [5.41, 5.74) is 6.64. The van der Waals surface area contributed by atoms with Gasteiger partial charge in [0, 0.05) is 18.5 Å². The van der Waals surface area contributed by atoms with Crippen LogP contribution < -0.4 is 5.73 Å². The fraction of sp³-hybridized carbons (Fsp3) is 0.625. The molecular weight excluding hydrogens is 236 g/mol. The predicted octanol–water partition coefficient (Wildman–Crippen LogP) is 3.38. The first-order chi connectivity index (χ1) is 9.19. The van der Waals surface area contributed by atoms with E-state index in [2.05, 4.69) is 11.9 Å². The second-order valence-electron chi connectivity index (χ2n) is 5.74. The largest absolute Gasteiger partial charge is 0.384 e. The second-order valence-corrected chi connectivity index (χ2v) is 5.74. The summed E-state index contributed by atoms with van der Waals surface area (Å²) >= 11 is 0. The molecule has 0 bridgehead atoms. The molecular formula is C16H24N2O. The Bertz CT molecular complexity index is 423. The number of carbonyl (C=O) groups is 1. The summed E-state index contributed by atoms with van der Waals surface area (Å²) in [6, 6.07) is 3.69. The number of anilines is 1. The maximum absolute atomic E-state index is 12.3. The van der Waals surface area contributed by atoms with Gasteiger partial charge in [0.1, 0.15) is 11.6 Å². The molecule has 0 unspecified atom stereocenters. The molecule has 2 rings (SSSR count). The Kier molecular flexibility index (Phi) is 4.94. The van der Waals surface area contributed by atoms with Crippen LogP contribution in [0.2, 0.25) is 0 Å². The number of aromatic nitrogens is 1. The van der Waals surface area contributed by atoms with Crippen LogP contribution in [0.1, 0.15) is 51.0 Å². The Hall–Kier alpha value is -1.38. The van der Waals surface area contributed by atoms with Crippen molar-refractivity contribution in [2.75, 3.05) is 5.73 Å². The van der Waals surface area contributed by atoms with Gasteiger partial charge in [0.25, 0.3) is 0 Å². The Morgan fingerprint density at radius 1 is 1.37 bits per heavy atom. The van der Waals surface area contributed by atoms with E-state index in [0.29, 0.717) is 18.0 Å². The molecule has 0 saturated heterocycles. The predicted molar refractivity (Wildman–Crippen MR) is 77.7 cm³/mol. The van der Waals surface area contributed by atoms with Crippen molar-refractivity contribution < 1.29 is 4.79 Å². The first kappa shape index (κ1) is 14.0. The second kappa shape index (κ2) is 6.69. The number of nitrogens with two attached hydrogens (primary N) is 1. The fourth-order valence-corrected chi connectivity index (χ4v) is 3.13. The molecule has 0 amide bonds. The summed E-state index contributed by atoms with van der Waals surface area (Å²) in [5, 5.41) is 0. The van der Waals surface area contributed by atoms with Crippen LogP contribution in [-0.2, 0) is 11.2 Å². The molecule has 1 aliphatic rings. The lowest BCUT2D eigenvalue weighted by Gasteiger charge is -2.27. The molecule has 104 valence electrons. The zero-order valence-corrected chi connectivity index (χ0v) is 11.8. The van der Waals surface area contributed by atoms with E-state index >= 15 is 0 Å². The highest BCUT2D eigenvalue weighted by Gasteiger charge is 2.25. The van der Waals surface area contributed by atoms with E-state index in [-0.39, 0.29) is 5.92 Å². The van der Waals surface area contributed by atoms with E-state index in [1.807, 2.05) is 6.07 Å². The van der Waals surface area contributed by atoms with Crippen LogP contribution in [0.25, 0.3) is 0 Å².